The van der Waals surface area contributed by atoms with Crippen LogP contribution in [0.15, 0.2) is 42.5 Å². The van der Waals surface area contributed by atoms with Crippen LogP contribution in [-0.4, -0.2) is 19.4 Å². The first-order chi connectivity index (χ1) is 10.3. The molecule has 2 rings (SSSR count). The molecule has 0 aromatic heterocycles. The molecule has 0 amide bonds. The van der Waals surface area contributed by atoms with Gasteiger partial charge in [0.15, 0.2) is 0 Å². The Morgan fingerprint density at radius 2 is 1.73 bits per heavy atom. The van der Waals surface area contributed by atoms with Crippen LogP contribution in [-0.2, 0) is 4.74 Å². The van der Waals surface area contributed by atoms with Gasteiger partial charge in [0.2, 0.25) is 0 Å². The fraction of sp³-hybridized carbons (Fsp3) is 0.133. The number of rotatable bonds is 3. The second-order valence-electron chi connectivity index (χ2n) is 4.26. The average Bonchev–Trinajstić information content (AvgIpc) is 2.45. The van der Waals surface area contributed by atoms with E-state index in [-0.39, 0.29) is 5.56 Å². The Hall–Kier alpha value is -2.57. The molecule has 0 fully saturated rings. The average molecular weight is 314 g/mol. The minimum atomic E-state index is -4.81. The highest BCUT2D eigenvalue weighted by Crippen LogP contribution is 2.28. The van der Waals surface area contributed by atoms with Crippen molar-refractivity contribution in [3.8, 4) is 16.9 Å². The molecule has 116 valence electrons. The third kappa shape index (κ3) is 3.75. The van der Waals surface area contributed by atoms with Gasteiger partial charge in [-0.05, 0) is 35.4 Å². The molecule has 0 saturated carbocycles. The monoisotopic (exact) mass is 314 g/mol. The zero-order valence-corrected chi connectivity index (χ0v) is 11.3. The highest BCUT2D eigenvalue weighted by Gasteiger charge is 2.31. The van der Waals surface area contributed by atoms with E-state index in [1.54, 1.807) is 0 Å². The number of alkyl halides is 3. The van der Waals surface area contributed by atoms with Crippen LogP contribution in [0.2, 0.25) is 0 Å². The molecule has 0 atom stereocenters. The van der Waals surface area contributed by atoms with Crippen LogP contribution in [0.1, 0.15) is 10.4 Å². The predicted molar refractivity (Wildman–Crippen MR) is 69.9 cm³/mol. The summed E-state index contributed by atoms with van der Waals surface area (Å²) in [5, 5.41) is 0. The Bertz CT molecular complexity index is 695. The van der Waals surface area contributed by atoms with Gasteiger partial charge in [-0.1, -0.05) is 18.2 Å². The standard InChI is InChI=1S/C15H10F4O3/c1-21-14(20)12-6-5-10(8-13(12)16)9-3-2-4-11(7-9)22-15(17,18)19/h2-8H,1H3. The van der Waals surface area contributed by atoms with Crippen LogP contribution in [0.5, 0.6) is 5.75 Å². The maximum atomic E-state index is 13.8. The minimum Gasteiger partial charge on any atom is -0.465 e. The van der Waals surface area contributed by atoms with E-state index in [4.69, 9.17) is 0 Å². The van der Waals surface area contributed by atoms with Gasteiger partial charge in [0, 0.05) is 0 Å². The molecule has 0 aliphatic carbocycles. The van der Waals surface area contributed by atoms with Crippen LogP contribution in [0, 0.1) is 5.82 Å². The molecular weight excluding hydrogens is 304 g/mol. The fourth-order valence-electron chi connectivity index (χ4n) is 1.84. The summed E-state index contributed by atoms with van der Waals surface area (Å²) in [5.74, 6) is -2.08. The van der Waals surface area contributed by atoms with Gasteiger partial charge in [-0.15, -0.1) is 13.2 Å². The second-order valence-corrected chi connectivity index (χ2v) is 4.26. The summed E-state index contributed by atoms with van der Waals surface area (Å²) in [6.07, 6.45) is -4.81. The Kier molecular flexibility index (Phi) is 4.35. The molecule has 0 saturated heterocycles. The van der Waals surface area contributed by atoms with Crippen molar-refractivity contribution < 1.29 is 31.8 Å². The first-order valence-electron chi connectivity index (χ1n) is 6.04. The molecule has 0 aliphatic heterocycles. The third-order valence-corrected chi connectivity index (χ3v) is 2.78. The molecule has 2 aromatic rings. The lowest BCUT2D eigenvalue weighted by molar-refractivity contribution is -0.274. The van der Waals surface area contributed by atoms with Crippen LogP contribution in [0.3, 0.4) is 0 Å². The minimum absolute atomic E-state index is 0.256. The van der Waals surface area contributed by atoms with E-state index >= 15 is 0 Å². The molecule has 3 nitrogen and oxygen atoms in total. The number of esters is 1. The second kappa shape index (κ2) is 6.05. The van der Waals surface area contributed by atoms with Crippen molar-refractivity contribution in [3.63, 3.8) is 0 Å². The molecule has 0 heterocycles. The number of benzene rings is 2. The number of hydrogen-bond donors (Lipinski definition) is 0. The third-order valence-electron chi connectivity index (χ3n) is 2.78. The van der Waals surface area contributed by atoms with E-state index in [1.807, 2.05) is 0 Å². The number of halogens is 4. The van der Waals surface area contributed by atoms with Gasteiger partial charge >= 0.3 is 12.3 Å². The Morgan fingerprint density at radius 1 is 1.05 bits per heavy atom. The van der Waals surface area contributed by atoms with E-state index in [2.05, 4.69) is 9.47 Å². The lowest BCUT2D eigenvalue weighted by Gasteiger charge is -2.10. The largest absolute Gasteiger partial charge is 0.573 e. The molecule has 2 aromatic carbocycles. The number of hydrogen-bond acceptors (Lipinski definition) is 3. The van der Waals surface area contributed by atoms with Crippen molar-refractivity contribution in [3.05, 3.63) is 53.8 Å². The summed E-state index contributed by atoms with van der Waals surface area (Å²) in [5.41, 5.74) is 0.365. The molecule has 0 radical (unpaired) electrons. The predicted octanol–water partition coefficient (Wildman–Crippen LogP) is 4.18. The summed E-state index contributed by atoms with van der Waals surface area (Å²) in [6.45, 7) is 0. The van der Waals surface area contributed by atoms with Crippen molar-refractivity contribution in [1.29, 1.82) is 0 Å². The maximum absolute atomic E-state index is 13.8. The van der Waals surface area contributed by atoms with Gasteiger partial charge in [0.25, 0.3) is 0 Å². The summed E-state index contributed by atoms with van der Waals surface area (Å²) >= 11 is 0. The summed E-state index contributed by atoms with van der Waals surface area (Å²) in [4.78, 5) is 11.3. The van der Waals surface area contributed by atoms with Gasteiger partial charge in [-0.2, -0.15) is 0 Å². The quantitative estimate of drug-likeness (QED) is 0.630. The molecule has 0 spiro atoms. The lowest BCUT2D eigenvalue weighted by atomic mass is 10.0. The molecule has 0 N–H and O–H groups in total. The Balaban J connectivity index is 2.34. The molecular formula is C15H10F4O3. The molecule has 0 bridgehead atoms. The van der Waals surface area contributed by atoms with Gasteiger partial charge < -0.3 is 9.47 Å². The van der Waals surface area contributed by atoms with Crippen molar-refractivity contribution in [2.24, 2.45) is 0 Å². The molecule has 7 heteroatoms. The summed E-state index contributed by atoms with van der Waals surface area (Å²) in [7, 11) is 1.12. The van der Waals surface area contributed by atoms with Gasteiger partial charge in [0.1, 0.15) is 11.6 Å². The summed E-state index contributed by atoms with van der Waals surface area (Å²) in [6, 6.07) is 8.75. The van der Waals surface area contributed by atoms with E-state index in [9.17, 15) is 22.4 Å². The van der Waals surface area contributed by atoms with Crippen molar-refractivity contribution in [1.82, 2.24) is 0 Å². The van der Waals surface area contributed by atoms with E-state index < -0.39 is 23.9 Å². The van der Waals surface area contributed by atoms with Crippen LogP contribution < -0.4 is 4.74 Å². The Morgan fingerprint density at radius 3 is 2.32 bits per heavy atom. The maximum Gasteiger partial charge on any atom is 0.573 e. The first-order valence-corrected chi connectivity index (χ1v) is 6.04. The Labute approximate surface area is 123 Å². The normalized spacial score (nSPS) is 11.1. The number of carbonyl (C=O) groups is 1. The fourth-order valence-corrected chi connectivity index (χ4v) is 1.84. The zero-order chi connectivity index (χ0) is 16.3. The number of ether oxygens (including phenoxy) is 2. The van der Waals surface area contributed by atoms with Crippen LogP contribution >= 0.6 is 0 Å². The van der Waals surface area contributed by atoms with Crippen molar-refractivity contribution >= 4 is 5.97 Å². The van der Waals surface area contributed by atoms with Gasteiger partial charge in [0.05, 0.1) is 12.7 Å². The molecule has 0 aliphatic rings. The summed E-state index contributed by atoms with van der Waals surface area (Å²) < 4.78 is 58.6. The number of methoxy groups -OCH3 is 1. The molecule has 0 unspecified atom stereocenters. The highest BCUT2D eigenvalue weighted by atomic mass is 19.4. The number of carbonyl (C=O) groups excluding carboxylic acids is 1. The van der Waals surface area contributed by atoms with E-state index in [1.165, 1.54) is 24.3 Å². The van der Waals surface area contributed by atoms with E-state index in [0.717, 1.165) is 25.3 Å². The van der Waals surface area contributed by atoms with Gasteiger partial charge in [-0.25, -0.2) is 9.18 Å². The zero-order valence-electron chi connectivity index (χ0n) is 11.3. The van der Waals surface area contributed by atoms with Crippen LogP contribution in [0.4, 0.5) is 17.6 Å². The first kappa shape index (κ1) is 15.8. The van der Waals surface area contributed by atoms with Crippen molar-refractivity contribution in [2.75, 3.05) is 7.11 Å². The SMILES string of the molecule is COC(=O)c1ccc(-c2cccc(OC(F)(F)F)c2)cc1F. The topological polar surface area (TPSA) is 35.5 Å². The molecule has 22 heavy (non-hydrogen) atoms. The highest BCUT2D eigenvalue weighted by molar-refractivity contribution is 5.90. The van der Waals surface area contributed by atoms with Crippen LogP contribution in [0.25, 0.3) is 11.1 Å². The van der Waals surface area contributed by atoms with E-state index in [0.29, 0.717) is 11.1 Å². The lowest BCUT2D eigenvalue weighted by Crippen LogP contribution is -2.17. The smallest absolute Gasteiger partial charge is 0.465 e. The van der Waals surface area contributed by atoms with Crippen molar-refractivity contribution in [2.45, 2.75) is 6.36 Å². The van der Waals surface area contributed by atoms with Gasteiger partial charge in [-0.3, -0.25) is 0 Å².